The lowest BCUT2D eigenvalue weighted by molar-refractivity contribution is 0.247. The van der Waals surface area contributed by atoms with Crippen molar-refractivity contribution in [3.63, 3.8) is 0 Å². The van der Waals surface area contributed by atoms with Gasteiger partial charge in [0.05, 0.1) is 6.54 Å². The maximum atomic E-state index is 6.22. The van der Waals surface area contributed by atoms with E-state index in [0.717, 1.165) is 23.7 Å². The average molecular weight is 279 g/mol. The minimum atomic E-state index is 0.265. The van der Waals surface area contributed by atoms with Crippen LogP contribution in [0.1, 0.15) is 18.5 Å². The summed E-state index contributed by atoms with van der Waals surface area (Å²) in [5.41, 5.74) is 6.74. The number of benzene rings is 1. The number of nitrogens with two attached hydrogens (primary N) is 1. The van der Waals surface area contributed by atoms with Crippen LogP contribution in [0.3, 0.4) is 0 Å². The molecule has 0 amide bonds. The van der Waals surface area contributed by atoms with Gasteiger partial charge in [0.25, 0.3) is 0 Å². The number of halogens is 1. The third-order valence-corrected chi connectivity index (χ3v) is 3.70. The van der Waals surface area contributed by atoms with Crippen LogP contribution in [0, 0.1) is 0 Å². The lowest BCUT2D eigenvalue weighted by Gasteiger charge is -2.25. The zero-order chi connectivity index (χ0) is 13.8. The highest BCUT2D eigenvalue weighted by Crippen LogP contribution is 2.25. The summed E-state index contributed by atoms with van der Waals surface area (Å²) in [4.78, 5) is 2.25. The number of likely N-dealkylation sites (N-methyl/N-ethyl adjacent to an activating group) is 1. The van der Waals surface area contributed by atoms with Gasteiger partial charge in [-0.3, -0.25) is 9.58 Å². The molecule has 0 aliphatic heterocycles. The van der Waals surface area contributed by atoms with Gasteiger partial charge >= 0.3 is 0 Å². The van der Waals surface area contributed by atoms with Crippen LogP contribution in [0.15, 0.2) is 36.5 Å². The number of nitrogens with zero attached hydrogens (tertiary/aromatic N) is 3. The van der Waals surface area contributed by atoms with Gasteiger partial charge in [0.2, 0.25) is 0 Å². The molecule has 0 bridgehead atoms. The van der Waals surface area contributed by atoms with Gasteiger partial charge < -0.3 is 5.73 Å². The van der Waals surface area contributed by atoms with E-state index in [1.165, 1.54) is 0 Å². The second-order valence-electron chi connectivity index (χ2n) is 4.68. The molecule has 0 fully saturated rings. The van der Waals surface area contributed by atoms with Crippen LogP contribution < -0.4 is 5.73 Å². The topological polar surface area (TPSA) is 47.1 Å². The van der Waals surface area contributed by atoms with Gasteiger partial charge in [-0.2, -0.15) is 5.10 Å². The molecule has 2 N–H and O–H groups in total. The number of hydrogen-bond donors (Lipinski definition) is 1. The van der Waals surface area contributed by atoms with Gasteiger partial charge in [0.15, 0.2) is 0 Å². The van der Waals surface area contributed by atoms with Gasteiger partial charge in [0.1, 0.15) is 5.82 Å². The molecule has 0 saturated heterocycles. The van der Waals surface area contributed by atoms with Crippen molar-refractivity contribution in [2.24, 2.45) is 0 Å². The number of aromatic nitrogens is 2. The standard InChI is InChI=1S/C14H19ClN4/c1-11(12-5-3-4-6-13(12)15)18(2)9-10-19-8-7-14(16)17-19/h3-8,11H,9-10H2,1-2H3,(H2,16,17). The van der Waals surface area contributed by atoms with Crippen LogP contribution >= 0.6 is 11.6 Å². The summed E-state index contributed by atoms with van der Waals surface area (Å²) in [6.45, 7) is 3.84. The van der Waals surface area contributed by atoms with E-state index >= 15 is 0 Å². The first-order valence-corrected chi connectivity index (χ1v) is 6.69. The SMILES string of the molecule is CC(c1ccccc1Cl)N(C)CCn1ccc(N)n1. The van der Waals surface area contributed by atoms with Crippen molar-refractivity contribution in [3.8, 4) is 0 Å². The highest BCUT2D eigenvalue weighted by molar-refractivity contribution is 6.31. The Morgan fingerprint density at radius 2 is 2.11 bits per heavy atom. The molecule has 1 aromatic heterocycles. The Bertz CT molecular complexity index is 538. The smallest absolute Gasteiger partial charge is 0.145 e. The molecule has 1 atom stereocenters. The second kappa shape index (κ2) is 6.08. The fraction of sp³-hybridized carbons (Fsp3) is 0.357. The highest BCUT2D eigenvalue weighted by Gasteiger charge is 2.14. The van der Waals surface area contributed by atoms with Crippen LogP contribution in [0.4, 0.5) is 5.82 Å². The lowest BCUT2D eigenvalue weighted by Crippen LogP contribution is -2.26. The molecule has 1 heterocycles. The Balaban J connectivity index is 1.96. The summed E-state index contributed by atoms with van der Waals surface area (Å²) in [5, 5.41) is 4.98. The number of nitrogen functional groups attached to an aromatic ring is 1. The van der Waals surface area contributed by atoms with Crippen LogP contribution in [-0.4, -0.2) is 28.3 Å². The molecule has 19 heavy (non-hydrogen) atoms. The van der Waals surface area contributed by atoms with Crippen molar-refractivity contribution in [3.05, 3.63) is 47.1 Å². The van der Waals surface area contributed by atoms with Crippen molar-refractivity contribution in [1.82, 2.24) is 14.7 Å². The van der Waals surface area contributed by atoms with E-state index in [4.69, 9.17) is 17.3 Å². The van der Waals surface area contributed by atoms with E-state index in [0.29, 0.717) is 5.82 Å². The first-order valence-electron chi connectivity index (χ1n) is 6.31. The average Bonchev–Trinajstić information content (AvgIpc) is 2.81. The van der Waals surface area contributed by atoms with Crippen LogP contribution in [0.25, 0.3) is 0 Å². The first kappa shape index (κ1) is 13.9. The molecular weight excluding hydrogens is 260 g/mol. The van der Waals surface area contributed by atoms with Crippen molar-refractivity contribution in [2.75, 3.05) is 19.3 Å². The van der Waals surface area contributed by atoms with Gasteiger partial charge in [-0.15, -0.1) is 0 Å². The zero-order valence-corrected chi connectivity index (χ0v) is 12.0. The Labute approximate surface area is 118 Å². The molecule has 1 aromatic carbocycles. The molecule has 0 saturated carbocycles. The Morgan fingerprint density at radius 1 is 1.37 bits per heavy atom. The summed E-state index contributed by atoms with van der Waals surface area (Å²) in [6, 6.07) is 10.0. The zero-order valence-electron chi connectivity index (χ0n) is 11.3. The van der Waals surface area contributed by atoms with E-state index in [1.54, 1.807) is 6.07 Å². The summed E-state index contributed by atoms with van der Waals surface area (Å²) in [7, 11) is 2.08. The molecule has 102 valence electrons. The normalized spacial score (nSPS) is 12.8. The minimum Gasteiger partial charge on any atom is -0.382 e. The van der Waals surface area contributed by atoms with E-state index < -0.39 is 0 Å². The van der Waals surface area contributed by atoms with Crippen molar-refractivity contribution in [2.45, 2.75) is 19.5 Å². The molecule has 5 heteroatoms. The van der Waals surface area contributed by atoms with E-state index in [-0.39, 0.29) is 6.04 Å². The number of anilines is 1. The fourth-order valence-electron chi connectivity index (χ4n) is 2.01. The van der Waals surface area contributed by atoms with Gasteiger partial charge in [0, 0.05) is 23.8 Å². The highest BCUT2D eigenvalue weighted by atomic mass is 35.5. The van der Waals surface area contributed by atoms with Crippen LogP contribution in [0.5, 0.6) is 0 Å². The largest absolute Gasteiger partial charge is 0.382 e. The van der Waals surface area contributed by atoms with Crippen molar-refractivity contribution >= 4 is 17.4 Å². The molecule has 0 aliphatic rings. The predicted octanol–water partition coefficient (Wildman–Crippen LogP) is 2.81. The summed E-state index contributed by atoms with van der Waals surface area (Å²) in [6.07, 6.45) is 1.89. The number of rotatable bonds is 5. The minimum absolute atomic E-state index is 0.265. The fourth-order valence-corrected chi connectivity index (χ4v) is 2.30. The third kappa shape index (κ3) is 3.49. The first-order chi connectivity index (χ1) is 9.08. The Hall–Kier alpha value is -1.52. The van der Waals surface area contributed by atoms with Gasteiger partial charge in [-0.1, -0.05) is 29.8 Å². The van der Waals surface area contributed by atoms with E-state index in [9.17, 15) is 0 Å². The van der Waals surface area contributed by atoms with Gasteiger partial charge in [-0.25, -0.2) is 0 Å². The Morgan fingerprint density at radius 3 is 2.74 bits per heavy atom. The number of hydrogen-bond acceptors (Lipinski definition) is 3. The molecule has 2 aromatic rings. The molecule has 2 rings (SSSR count). The summed E-state index contributed by atoms with van der Waals surface area (Å²) in [5.74, 6) is 0.557. The maximum absolute atomic E-state index is 6.22. The quantitative estimate of drug-likeness (QED) is 0.915. The van der Waals surface area contributed by atoms with Crippen LogP contribution in [-0.2, 0) is 6.54 Å². The molecular formula is C14H19ClN4. The monoisotopic (exact) mass is 278 g/mol. The van der Waals surface area contributed by atoms with Gasteiger partial charge in [-0.05, 0) is 31.7 Å². The molecule has 1 unspecified atom stereocenters. The molecule has 0 radical (unpaired) electrons. The maximum Gasteiger partial charge on any atom is 0.145 e. The van der Waals surface area contributed by atoms with E-state index in [1.807, 2.05) is 29.1 Å². The Kier molecular flexibility index (Phi) is 4.45. The summed E-state index contributed by atoms with van der Waals surface area (Å²) < 4.78 is 1.85. The summed E-state index contributed by atoms with van der Waals surface area (Å²) >= 11 is 6.22. The molecule has 0 spiro atoms. The lowest BCUT2D eigenvalue weighted by atomic mass is 10.1. The molecule has 4 nitrogen and oxygen atoms in total. The third-order valence-electron chi connectivity index (χ3n) is 3.36. The van der Waals surface area contributed by atoms with Crippen molar-refractivity contribution < 1.29 is 0 Å². The second-order valence-corrected chi connectivity index (χ2v) is 5.09. The van der Waals surface area contributed by atoms with Crippen LogP contribution in [0.2, 0.25) is 5.02 Å². The molecule has 0 aliphatic carbocycles. The van der Waals surface area contributed by atoms with Crippen molar-refractivity contribution in [1.29, 1.82) is 0 Å². The van der Waals surface area contributed by atoms with E-state index in [2.05, 4.69) is 30.0 Å². The predicted molar refractivity (Wildman–Crippen MR) is 79.1 cm³/mol.